The first-order chi connectivity index (χ1) is 9.63. The van der Waals surface area contributed by atoms with Gasteiger partial charge < -0.3 is 5.32 Å². The van der Waals surface area contributed by atoms with Crippen LogP contribution in [0.5, 0.6) is 0 Å². The monoisotopic (exact) mass is 273 g/mol. The van der Waals surface area contributed by atoms with E-state index >= 15 is 0 Å². The van der Waals surface area contributed by atoms with Gasteiger partial charge in [-0.3, -0.25) is 0 Å². The minimum absolute atomic E-state index is 0.540. The van der Waals surface area contributed by atoms with E-state index in [9.17, 15) is 0 Å². The van der Waals surface area contributed by atoms with Crippen LogP contribution in [0.25, 0.3) is 0 Å². The van der Waals surface area contributed by atoms with E-state index in [0.29, 0.717) is 6.04 Å². The summed E-state index contributed by atoms with van der Waals surface area (Å²) in [5.74, 6) is 2.50. The third-order valence-corrected chi connectivity index (χ3v) is 4.90. The van der Waals surface area contributed by atoms with Crippen LogP contribution in [0.2, 0.25) is 0 Å². The van der Waals surface area contributed by atoms with Gasteiger partial charge in [-0.15, -0.1) is 0 Å². The molecule has 0 spiro atoms. The molecule has 20 heavy (non-hydrogen) atoms. The summed E-state index contributed by atoms with van der Waals surface area (Å²) in [4.78, 5) is 0. The maximum Gasteiger partial charge on any atom is 0.0346 e. The van der Waals surface area contributed by atoms with Crippen molar-refractivity contribution in [3.63, 3.8) is 0 Å². The molecular weight excluding hydrogens is 242 g/mol. The SMILES string of the molecule is CCC1CCC(C(NC)c2cccc(CC(C)C)c2)C1. The van der Waals surface area contributed by atoms with Crippen LogP contribution in [0.1, 0.15) is 63.6 Å². The second-order valence-electron chi connectivity index (χ2n) is 6.96. The Morgan fingerprint density at radius 1 is 1.25 bits per heavy atom. The van der Waals surface area contributed by atoms with Gasteiger partial charge >= 0.3 is 0 Å². The number of rotatable bonds is 6. The van der Waals surface area contributed by atoms with Crippen molar-refractivity contribution in [1.29, 1.82) is 0 Å². The van der Waals surface area contributed by atoms with E-state index in [1.54, 1.807) is 0 Å². The molecule has 0 heterocycles. The summed E-state index contributed by atoms with van der Waals surface area (Å²) in [5, 5.41) is 3.59. The molecule has 0 saturated heterocycles. The Labute approximate surface area is 125 Å². The minimum atomic E-state index is 0.540. The molecule has 3 unspecified atom stereocenters. The molecule has 1 aliphatic rings. The van der Waals surface area contributed by atoms with Crippen LogP contribution >= 0.6 is 0 Å². The van der Waals surface area contributed by atoms with Crippen LogP contribution in [0.4, 0.5) is 0 Å². The Balaban J connectivity index is 2.11. The fourth-order valence-corrected chi connectivity index (χ4v) is 3.85. The van der Waals surface area contributed by atoms with Gasteiger partial charge in [-0.25, -0.2) is 0 Å². The highest BCUT2D eigenvalue weighted by Gasteiger charge is 2.30. The molecule has 3 atom stereocenters. The molecule has 0 bridgehead atoms. The van der Waals surface area contributed by atoms with Crippen LogP contribution in [-0.2, 0) is 6.42 Å². The van der Waals surface area contributed by atoms with Crippen LogP contribution in [0.15, 0.2) is 24.3 Å². The molecule has 1 aromatic carbocycles. The summed E-state index contributed by atoms with van der Waals surface area (Å²) in [6.07, 6.45) is 6.74. The Morgan fingerprint density at radius 3 is 2.65 bits per heavy atom. The van der Waals surface area contributed by atoms with Gasteiger partial charge in [0, 0.05) is 6.04 Å². The lowest BCUT2D eigenvalue weighted by molar-refractivity contribution is 0.372. The van der Waals surface area contributed by atoms with E-state index in [1.807, 2.05) is 0 Å². The fourth-order valence-electron chi connectivity index (χ4n) is 3.85. The first-order valence-corrected chi connectivity index (χ1v) is 8.40. The first-order valence-electron chi connectivity index (χ1n) is 8.40. The molecule has 1 heteroatoms. The van der Waals surface area contributed by atoms with E-state index in [4.69, 9.17) is 0 Å². The molecule has 0 aromatic heterocycles. The van der Waals surface area contributed by atoms with Gasteiger partial charge in [0.15, 0.2) is 0 Å². The molecule has 0 radical (unpaired) electrons. The third-order valence-electron chi connectivity index (χ3n) is 4.90. The number of hydrogen-bond donors (Lipinski definition) is 1. The van der Waals surface area contributed by atoms with Crippen molar-refractivity contribution in [2.45, 2.75) is 58.9 Å². The highest BCUT2D eigenvalue weighted by molar-refractivity contribution is 5.27. The molecule has 1 saturated carbocycles. The molecule has 1 nitrogen and oxygen atoms in total. The molecule has 0 amide bonds. The summed E-state index contributed by atoms with van der Waals surface area (Å²) in [7, 11) is 2.12. The zero-order valence-electron chi connectivity index (χ0n) is 13.7. The van der Waals surface area contributed by atoms with Crippen molar-refractivity contribution in [3.05, 3.63) is 35.4 Å². The van der Waals surface area contributed by atoms with Crippen LogP contribution in [0.3, 0.4) is 0 Å². The third kappa shape index (κ3) is 3.85. The molecule has 2 rings (SSSR count). The summed E-state index contributed by atoms with van der Waals surface area (Å²) >= 11 is 0. The Morgan fingerprint density at radius 2 is 2.05 bits per heavy atom. The predicted octanol–water partition coefficient (Wildman–Crippen LogP) is 4.97. The lowest BCUT2D eigenvalue weighted by Gasteiger charge is -2.24. The van der Waals surface area contributed by atoms with Gasteiger partial charge in [-0.2, -0.15) is 0 Å². The molecule has 1 aliphatic carbocycles. The highest BCUT2D eigenvalue weighted by atomic mass is 14.9. The maximum atomic E-state index is 3.59. The quantitative estimate of drug-likeness (QED) is 0.771. The smallest absolute Gasteiger partial charge is 0.0346 e. The maximum absolute atomic E-state index is 3.59. The van der Waals surface area contributed by atoms with Crippen LogP contribution in [-0.4, -0.2) is 7.05 Å². The molecule has 1 fully saturated rings. The van der Waals surface area contributed by atoms with Crippen molar-refractivity contribution in [2.24, 2.45) is 17.8 Å². The van der Waals surface area contributed by atoms with Gasteiger partial charge in [-0.1, -0.05) is 57.9 Å². The predicted molar refractivity (Wildman–Crippen MR) is 87.9 cm³/mol. The van der Waals surface area contributed by atoms with Crippen LogP contribution < -0.4 is 5.32 Å². The van der Waals surface area contributed by atoms with E-state index in [2.05, 4.69) is 57.4 Å². The fraction of sp³-hybridized carbons (Fsp3) is 0.684. The van der Waals surface area contributed by atoms with Gasteiger partial charge in [0.05, 0.1) is 0 Å². The molecule has 0 aliphatic heterocycles. The van der Waals surface area contributed by atoms with Crippen molar-refractivity contribution in [2.75, 3.05) is 7.05 Å². The van der Waals surface area contributed by atoms with Crippen molar-refractivity contribution >= 4 is 0 Å². The normalized spacial score (nSPS) is 24.2. The van der Waals surface area contributed by atoms with Gasteiger partial charge in [0.25, 0.3) is 0 Å². The summed E-state index contributed by atoms with van der Waals surface area (Å²) < 4.78 is 0. The van der Waals surface area contributed by atoms with E-state index in [0.717, 1.165) is 17.8 Å². The molecule has 1 N–H and O–H groups in total. The topological polar surface area (TPSA) is 12.0 Å². The lowest BCUT2D eigenvalue weighted by Crippen LogP contribution is -2.24. The first kappa shape index (κ1) is 15.6. The van der Waals surface area contributed by atoms with Crippen molar-refractivity contribution < 1.29 is 0 Å². The van der Waals surface area contributed by atoms with Gasteiger partial charge in [0.1, 0.15) is 0 Å². The number of benzene rings is 1. The standard InChI is InChI=1S/C19H31N/c1-5-15-9-10-18(12-15)19(20-4)17-8-6-7-16(13-17)11-14(2)3/h6-8,13-15,18-20H,5,9-12H2,1-4H3. The summed E-state index contributed by atoms with van der Waals surface area (Å²) in [5.41, 5.74) is 2.98. The zero-order valence-corrected chi connectivity index (χ0v) is 13.7. The second kappa shape index (κ2) is 7.26. The lowest BCUT2D eigenvalue weighted by atomic mass is 9.89. The average molecular weight is 273 g/mol. The van der Waals surface area contributed by atoms with E-state index in [1.165, 1.54) is 43.2 Å². The Kier molecular flexibility index (Phi) is 5.65. The number of hydrogen-bond acceptors (Lipinski definition) is 1. The Bertz CT molecular complexity index is 410. The largest absolute Gasteiger partial charge is 0.313 e. The van der Waals surface area contributed by atoms with Crippen molar-refractivity contribution in [1.82, 2.24) is 5.32 Å². The van der Waals surface area contributed by atoms with E-state index < -0.39 is 0 Å². The van der Waals surface area contributed by atoms with Gasteiger partial charge in [-0.05, 0) is 55.2 Å². The molecular formula is C19H31N. The highest BCUT2D eigenvalue weighted by Crippen LogP contribution is 2.40. The molecule has 1 aromatic rings. The Hall–Kier alpha value is -0.820. The minimum Gasteiger partial charge on any atom is -0.313 e. The second-order valence-corrected chi connectivity index (χ2v) is 6.96. The van der Waals surface area contributed by atoms with Gasteiger partial charge in [0.2, 0.25) is 0 Å². The zero-order chi connectivity index (χ0) is 14.5. The number of nitrogens with one attached hydrogen (secondary N) is 1. The summed E-state index contributed by atoms with van der Waals surface area (Å²) in [6, 6.07) is 9.80. The van der Waals surface area contributed by atoms with Crippen LogP contribution in [0, 0.1) is 17.8 Å². The average Bonchev–Trinajstić information content (AvgIpc) is 2.88. The van der Waals surface area contributed by atoms with E-state index in [-0.39, 0.29) is 0 Å². The van der Waals surface area contributed by atoms with Crippen molar-refractivity contribution in [3.8, 4) is 0 Å². The summed E-state index contributed by atoms with van der Waals surface area (Å²) in [6.45, 7) is 6.93. The molecule has 112 valence electrons.